The molecule has 0 radical (unpaired) electrons. The highest BCUT2D eigenvalue weighted by molar-refractivity contribution is 6.31. The van der Waals surface area contributed by atoms with Gasteiger partial charge in [0.05, 0.1) is 11.6 Å². The minimum absolute atomic E-state index is 0.228. The van der Waals surface area contributed by atoms with Crippen LogP contribution in [0, 0.1) is 5.82 Å². The molecule has 1 amide bonds. The molecule has 0 aliphatic heterocycles. The van der Waals surface area contributed by atoms with Crippen molar-refractivity contribution >= 4 is 23.3 Å². The first-order valence-corrected chi connectivity index (χ1v) is 7.46. The van der Waals surface area contributed by atoms with Crippen LogP contribution in [-0.4, -0.2) is 17.4 Å². The maximum atomic E-state index is 13.9. The highest BCUT2D eigenvalue weighted by Gasteiger charge is 2.15. The third-order valence-electron chi connectivity index (χ3n) is 3.23. The van der Waals surface area contributed by atoms with E-state index >= 15 is 0 Å². The van der Waals surface area contributed by atoms with Gasteiger partial charge < -0.3 is 10.6 Å². The normalized spacial score (nSPS) is 11.6. The summed E-state index contributed by atoms with van der Waals surface area (Å²) in [7, 11) is 0. The molecule has 2 N–H and O–H groups in total. The zero-order valence-electron chi connectivity index (χ0n) is 12.6. The minimum atomic E-state index is -0.377. The molecule has 1 aromatic heterocycles. The van der Waals surface area contributed by atoms with E-state index in [9.17, 15) is 9.18 Å². The Morgan fingerprint density at radius 3 is 2.83 bits per heavy atom. The van der Waals surface area contributed by atoms with E-state index in [0.717, 1.165) is 0 Å². The zero-order valence-corrected chi connectivity index (χ0v) is 13.4. The Bertz CT molecular complexity index is 683. The molecule has 120 valence electrons. The van der Waals surface area contributed by atoms with Crippen LogP contribution < -0.4 is 10.6 Å². The van der Waals surface area contributed by atoms with Gasteiger partial charge in [-0.1, -0.05) is 23.7 Å². The van der Waals surface area contributed by atoms with Gasteiger partial charge in [0.1, 0.15) is 11.6 Å². The summed E-state index contributed by atoms with van der Waals surface area (Å²) < 4.78 is 13.9. The van der Waals surface area contributed by atoms with E-state index in [2.05, 4.69) is 22.2 Å². The number of amides is 1. The van der Waals surface area contributed by atoms with E-state index in [1.54, 1.807) is 37.3 Å². The first-order valence-electron chi connectivity index (χ1n) is 7.08. The maximum Gasteiger partial charge on any atom is 0.253 e. The molecule has 0 spiro atoms. The van der Waals surface area contributed by atoms with E-state index < -0.39 is 0 Å². The second kappa shape index (κ2) is 7.74. The predicted molar refractivity (Wildman–Crippen MR) is 90.2 cm³/mol. The lowest BCUT2D eigenvalue weighted by molar-refractivity contribution is 0.0957. The summed E-state index contributed by atoms with van der Waals surface area (Å²) in [6.45, 7) is 5.71. The number of carbonyl (C=O) groups excluding carboxylic acids is 1. The molecule has 0 saturated heterocycles. The van der Waals surface area contributed by atoms with E-state index in [4.69, 9.17) is 11.6 Å². The molecule has 0 saturated carbocycles. The van der Waals surface area contributed by atoms with Crippen LogP contribution in [0.15, 0.2) is 49.2 Å². The van der Waals surface area contributed by atoms with Crippen molar-refractivity contribution in [1.29, 1.82) is 0 Å². The summed E-state index contributed by atoms with van der Waals surface area (Å²) in [5.41, 5.74) is 0.817. The number of aromatic nitrogens is 1. The van der Waals surface area contributed by atoms with E-state index in [-0.39, 0.29) is 17.8 Å². The summed E-state index contributed by atoms with van der Waals surface area (Å²) in [4.78, 5) is 15.9. The lowest BCUT2D eigenvalue weighted by atomic mass is 10.1. The van der Waals surface area contributed by atoms with Gasteiger partial charge in [0.25, 0.3) is 5.91 Å². The summed E-state index contributed by atoms with van der Waals surface area (Å²) in [5, 5.41) is 6.08. The van der Waals surface area contributed by atoms with Gasteiger partial charge in [0.2, 0.25) is 0 Å². The molecule has 1 atom stereocenters. The summed E-state index contributed by atoms with van der Waals surface area (Å²) >= 11 is 6.04. The SMILES string of the molecule is C=CCNC(=O)c1ccc(NC(C)c2c(F)cccc2Cl)nc1. The molecule has 1 heterocycles. The van der Waals surface area contributed by atoms with E-state index in [0.29, 0.717) is 28.5 Å². The molecule has 1 unspecified atom stereocenters. The minimum Gasteiger partial charge on any atom is -0.363 e. The van der Waals surface area contributed by atoms with Gasteiger partial charge in [-0.25, -0.2) is 9.37 Å². The molecule has 4 nitrogen and oxygen atoms in total. The number of nitrogens with zero attached hydrogens (tertiary/aromatic N) is 1. The first-order chi connectivity index (χ1) is 11.0. The number of anilines is 1. The van der Waals surface area contributed by atoms with Crippen molar-refractivity contribution in [3.8, 4) is 0 Å². The molecular formula is C17H17ClFN3O. The molecule has 1 aromatic carbocycles. The Balaban J connectivity index is 2.09. The van der Waals surface area contributed by atoms with Gasteiger partial charge in [-0.3, -0.25) is 4.79 Å². The maximum absolute atomic E-state index is 13.9. The predicted octanol–water partition coefficient (Wildman–Crippen LogP) is 3.96. The third-order valence-corrected chi connectivity index (χ3v) is 3.56. The Labute approximate surface area is 139 Å². The van der Waals surface area contributed by atoms with Crippen LogP contribution in [0.2, 0.25) is 5.02 Å². The first kappa shape index (κ1) is 17.0. The number of rotatable bonds is 6. The van der Waals surface area contributed by atoms with Gasteiger partial charge in [-0.2, -0.15) is 0 Å². The number of halogens is 2. The van der Waals surface area contributed by atoms with E-state index in [1.165, 1.54) is 12.3 Å². The van der Waals surface area contributed by atoms with Crippen molar-refractivity contribution in [2.24, 2.45) is 0 Å². The van der Waals surface area contributed by atoms with Crippen LogP contribution in [-0.2, 0) is 0 Å². The number of nitrogens with one attached hydrogen (secondary N) is 2. The van der Waals surface area contributed by atoms with Crippen LogP contribution in [0.25, 0.3) is 0 Å². The summed E-state index contributed by atoms with van der Waals surface area (Å²) in [6, 6.07) is 7.50. The van der Waals surface area contributed by atoms with Gasteiger partial charge in [0.15, 0.2) is 0 Å². The lowest BCUT2D eigenvalue weighted by Crippen LogP contribution is -2.23. The molecule has 6 heteroatoms. The third kappa shape index (κ3) is 4.29. The van der Waals surface area contributed by atoms with Crippen molar-refractivity contribution in [3.63, 3.8) is 0 Å². The Morgan fingerprint density at radius 1 is 1.43 bits per heavy atom. The highest BCUT2D eigenvalue weighted by Crippen LogP contribution is 2.27. The second-order valence-electron chi connectivity index (χ2n) is 4.93. The van der Waals surface area contributed by atoms with E-state index in [1.807, 2.05) is 0 Å². The van der Waals surface area contributed by atoms with Gasteiger partial charge >= 0.3 is 0 Å². The number of hydrogen-bond donors (Lipinski definition) is 2. The molecular weight excluding hydrogens is 317 g/mol. The van der Waals surface area contributed by atoms with Crippen molar-refractivity contribution in [2.75, 3.05) is 11.9 Å². The standard InChI is InChI=1S/C17H17ClFN3O/c1-3-9-20-17(23)12-7-8-15(21-10-12)22-11(2)16-13(18)5-4-6-14(16)19/h3-8,10-11H,1,9H2,2H3,(H,20,23)(H,21,22). The molecule has 0 aliphatic carbocycles. The van der Waals surface area contributed by atoms with Crippen molar-refractivity contribution in [3.05, 3.63) is 71.2 Å². The second-order valence-corrected chi connectivity index (χ2v) is 5.34. The van der Waals surface area contributed by atoms with Gasteiger partial charge in [0, 0.05) is 23.3 Å². The number of carbonyl (C=O) groups is 1. The Hall–Kier alpha value is -2.40. The summed E-state index contributed by atoms with van der Waals surface area (Å²) in [6.07, 6.45) is 3.05. The number of hydrogen-bond acceptors (Lipinski definition) is 3. The van der Waals surface area contributed by atoms with Gasteiger partial charge in [-0.15, -0.1) is 6.58 Å². The fraction of sp³-hybridized carbons (Fsp3) is 0.176. The average Bonchev–Trinajstić information content (AvgIpc) is 2.53. The Morgan fingerprint density at radius 2 is 2.22 bits per heavy atom. The van der Waals surface area contributed by atoms with Crippen LogP contribution in [0.4, 0.5) is 10.2 Å². The van der Waals surface area contributed by atoms with Crippen LogP contribution in [0.5, 0.6) is 0 Å². The van der Waals surface area contributed by atoms with Crippen molar-refractivity contribution in [1.82, 2.24) is 10.3 Å². The molecule has 23 heavy (non-hydrogen) atoms. The molecule has 0 fully saturated rings. The highest BCUT2D eigenvalue weighted by atomic mass is 35.5. The lowest BCUT2D eigenvalue weighted by Gasteiger charge is -2.17. The Kier molecular flexibility index (Phi) is 5.71. The number of benzene rings is 1. The molecule has 0 aliphatic rings. The van der Waals surface area contributed by atoms with Crippen LogP contribution in [0.1, 0.15) is 28.9 Å². The van der Waals surface area contributed by atoms with Gasteiger partial charge in [-0.05, 0) is 31.2 Å². The molecule has 0 bridgehead atoms. The number of pyridine rings is 1. The molecule has 2 rings (SSSR count). The topological polar surface area (TPSA) is 54.0 Å². The fourth-order valence-electron chi connectivity index (χ4n) is 2.10. The monoisotopic (exact) mass is 333 g/mol. The summed E-state index contributed by atoms with van der Waals surface area (Å²) in [5.74, 6) is -0.0795. The smallest absolute Gasteiger partial charge is 0.253 e. The van der Waals surface area contributed by atoms with Crippen molar-refractivity contribution in [2.45, 2.75) is 13.0 Å². The van der Waals surface area contributed by atoms with Crippen LogP contribution >= 0.6 is 11.6 Å². The zero-order chi connectivity index (χ0) is 16.8. The average molecular weight is 334 g/mol. The fourth-order valence-corrected chi connectivity index (χ4v) is 2.43. The molecule has 2 aromatic rings. The van der Waals surface area contributed by atoms with Crippen molar-refractivity contribution < 1.29 is 9.18 Å². The largest absolute Gasteiger partial charge is 0.363 e. The quantitative estimate of drug-likeness (QED) is 0.787. The van der Waals surface area contributed by atoms with Crippen LogP contribution in [0.3, 0.4) is 0 Å².